The van der Waals surface area contributed by atoms with E-state index >= 15 is 0 Å². The van der Waals surface area contributed by atoms with Crippen molar-refractivity contribution in [3.8, 4) is 0 Å². The van der Waals surface area contributed by atoms with Crippen LogP contribution < -0.4 is 5.32 Å². The third-order valence-corrected chi connectivity index (χ3v) is 4.44. The van der Waals surface area contributed by atoms with Gasteiger partial charge in [-0.3, -0.25) is 4.79 Å². The molecule has 2 saturated heterocycles. The molecular weight excluding hydrogens is 300 g/mol. The summed E-state index contributed by atoms with van der Waals surface area (Å²) in [7, 11) is 0. The van der Waals surface area contributed by atoms with Gasteiger partial charge in [-0.05, 0) is 40.0 Å². The number of ether oxygens (including phenoxy) is 2. The Bertz CT molecular complexity index is 440. The molecule has 132 valence electrons. The van der Waals surface area contributed by atoms with E-state index in [2.05, 4.69) is 5.32 Å². The van der Waals surface area contributed by atoms with Gasteiger partial charge in [-0.15, -0.1) is 0 Å². The van der Waals surface area contributed by atoms with Crippen molar-refractivity contribution in [1.82, 2.24) is 10.2 Å². The van der Waals surface area contributed by atoms with E-state index in [0.717, 1.165) is 0 Å². The van der Waals surface area contributed by atoms with E-state index in [-0.39, 0.29) is 12.0 Å². The highest BCUT2D eigenvalue weighted by Gasteiger charge is 2.45. The van der Waals surface area contributed by atoms with Gasteiger partial charge in [0.05, 0.1) is 5.41 Å². The summed E-state index contributed by atoms with van der Waals surface area (Å²) in [5, 5.41) is 12.5. The first kappa shape index (κ1) is 18.0. The van der Waals surface area contributed by atoms with Gasteiger partial charge in [0, 0.05) is 38.9 Å². The normalized spacial score (nSPS) is 25.0. The molecule has 0 radical (unpaired) electrons. The van der Waals surface area contributed by atoms with E-state index in [0.29, 0.717) is 52.1 Å². The lowest BCUT2D eigenvalue weighted by Crippen LogP contribution is -2.55. The van der Waals surface area contributed by atoms with Gasteiger partial charge in [-0.1, -0.05) is 0 Å². The Morgan fingerprint density at radius 3 is 2.57 bits per heavy atom. The first-order valence-electron chi connectivity index (χ1n) is 8.24. The van der Waals surface area contributed by atoms with Crippen molar-refractivity contribution in [2.75, 3.05) is 32.8 Å². The van der Waals surface area contributed by atoms with Gasteiger partial charge in [-0.25, -0.2) is 4.79 Å². The molecule has 0 aromatic rings. The van der Waals surface area contributed by atoms with Crippen LogP contribution in [0.2, 0.25) is 0 Å². The van der Waals surface area contributed by atoms with Crippen LogP contribution in [0.1, 0.15) is 40.0 Å². The molecule has 7 heteroatoms. The summed E-state index contributed by atoms with van der Waals surface area (Å²) < 4.78 is 11.1. The summed E-state index contributed by atoms with van der Waals surface area (Å²) in [6, 6.07) is -0.0366. The standard InChI is InChI=1S/C16H28N2O5/c1-15(2,3)23-13(19)16(4-8-22-9-5-16)10-12-11-18(14(20)21)7-6-17-12/h12,17H,4-11H2,1-3H3,(H,20,21)/t12-/m0/s1. The van der Waals surface area contributed by atoms with E-state index < -0.39 is 17.1 Å². The molecule has 2 rings (SSSR count). The van der Waals surface area contributed by atoms with Crippen molar-refractivity contribution in [3.05, 3.63) is 0 Å². The Kier molecular flexibility index (Phi) is 5.52. The number of nitrogens with one attached hydrogen (secondary N) is 1. The van der Waals surface area contributed by atoms with Gasteiger partial charge in [0.25, 0.3) is 0 Å². The predicted molar refractivity (Wildman–Crippen MR) is 84.3 cm³/mol. The number of amides is 1. The van der Waals surface area contributed by atoms with Crippen molar-refractivity contribution < 1.29 is 24.2 Å². The molecule has 0 aliphatic carbocycles. The van der Waals surface area contributed by atoms with Crippen molar-refractivity contribution in [1.29, 1.82) is 0 Å². The number of piperazine rings is 1. The summed E-state index contributed by atoms with van der Waals surface area (Å²) in [5.41, 5.74) is -1.12. The number of carbonyl (C=O) groups excluding carboxylic acids is 1. The Morgan fingerprint density at radius 2 is 2.00 bits per heavy atom. The van der Waals surface area contributed by atoms with Crippen LogP contribution in [0.4, 0.5) is 4.79 Å². The monoisotopic (exact) mass is 328 g/mol. The second-order valence-corrected chi connectivity index (χ2v) is 7.48. The van der Waals surface area contributed by atoms with E-state index in [1.807, 2.05) is 20.8 Å². The zero-order valence-electron chi connectivity index (χ0n) is 14.3. The average molecular weight is 328 g/mol. The second-order valence-electron chi connectivity index (χ2n) is 7.48. The number of esters is 1. The zero-order valence-corrected chi connectivity index (χ0v) is 14.3. The smallest absolute Gasteiger partial charge is 0.407 e. The lowest BCUT2D eigenvalue weighted by molar-refractivity contribution is -0.175. The van der Waals surface area contributed by atoms with Gasteiger partial charge in [0.15, 0.2) is 0 Å². The molecule has 1 atom stereocenters. The van der Waals surface area contributed by atoms with Crippen LogP contribution in [-0.4, -0.2) is 66.6 Å². The van der Waals surface area contributed by atoms with E-state index in [4.69, 9.17) is 9.47 Å². The molecule has 1 amide bonds. The van der Waals surface area contributed by atoms with E-state index in [1.54, 1.807) is 0 Å². The molecule has 7 nitrogen and oxygen atoms in total. The third kappa shape index (κ3) is 4.81. The molecule has 0 unspecified atom stereocenters. The van der Waals surface area contributed by atoms with Crippen LogP contribution in [0.25, 0.3) is 0 Å². The number of nitrogens with zero attached hydrogens (tertiary/aromatic N) is 1. The third-order valence-electron chi connectivity index (χ3n) is 4.44. The maximum absolute atomic E-state index is 12.8. The minimum absolute atomic E-state index is 0.0366. The molecule has 2 heterocycles. The maximum Gasteiger partial charge on any atom is 0.407 e. The van der Waals surface area contributed by atoms with Gasteiger partial charge in [0.1, 0.15) is 5.60 Å². The Balaban J connectivity index is 2.09. The minimum atomic E-state index is -0.908. The molecule has 0 spiro atoms. The molecule has 2 fully saturated rings. The molecule has 2 aliphatic heterocycles. The minimum Gasteiger partial charge on any atom is -0.465 e. The Morgan fingerprint density at radius 1 is 1.35 bits per heavy atom. The molecular formula is C16H28N2O5. The van der Waals surface area contributed by atoms with Gasteiger partial charge < -0.3 is 24.8 Å². The molecule has 23 heavy (non-hydrogen) atoms. The number of hydrogen-bond acceptors (Lipinski definition) is 5. The zero-order chi connectivity index (χ0) is 17.1. The summed E-state index contributed by atoms with van der Waals surface area (Å²) in [4.78, 5) is 25.4. The Hall–Kier alpha value is -1.34. The lowest BCUT2D eigenvalue weighted by atomic mass is 9.74. The van der Waals surface area contributed by atoms with Crippen molar-refractivity contribution in [2.24, 2.45) is 5.41 Å². The first-order valence-corrected chi connectivity index (χ1v) is 8.24. The summed E-state index contributed by atoms with van der Waals surface area (Å²) in [6.07, 6.45) is 0.907. The number of hydrogen-bond donors (Lipinski definition) is 2. The number of carbonyl (C=O) groups is 2. The highest BCUT2D eigenvalue weighted by atomic mass is 16.6. The fraction of sp³-hybridized carbons (Fsp3) is 0.875. The van der Waals surface area contributed by atoms with Crippen LogP contribution in [-0.2, 0) is 14.3 Å². The van der Waals surface area contributed by atoms with Gasteiger partial charge >= 0.3 is 12.1 Å². The quantitative estimate of drug-likeness (QED) is 0.763. The fourth-order valence-corrected chi connectivity index (χ4v) is 3.25. The number of carboxylic acid groups (broad SMARTS) is 1. The Labute approximate surface area is 137 Å². The summed E-state index contributed by atoms with van der Waals surface area (Å²) >= 11 is 0. The van der Waals surface area contributed by atoms with E-state index in [9.17, 15) is 14.7 Å². The molecule has 0 saturated carbocycles. The molecule has 0 aromatic carbocycles. The highest BCUT2D eigenvalue weighted by molar-refractivity contribution is 5.77. The van der Waals surface area contributed by atoms with Crippen molar-refractivity contribution in [3.63, 3.8) is 0 Å². The second kappa shape index (κ2) is 7.05. The van der Waals surface area contributed by atoms with Crippen LogP contribution >= 0.6 is 0 Å². The summed E-state index contributed by atoms with van der Waals surface area (Å²) in [6.45, 7) is 8.16. The predicted octanol–water partition coefficient (Wildman–Crippen LogP) is 1.47. The summed E-state index contributed by atoms with van der Waals surface area (Å²) in [5.74, 6) is -0.192. The molecule has 0 bridgehead atoms. The maximum atomic E-state index is 12.8. The first-order chi connectivity index (χ1) is 10.7. The molecule has 2 aliphatic rings. The largest absolute Gasteiger partial charge is 0.465 e. The van der Waals surface area contributed by atoms with Gasteiger partial charge in [0.2, 0.25) is 0 Å². The van der Waals surface area contributed by atoms with Crippen molar-refractivity contribution >= 4 is 12.1 Å². The SMILES string of the molecule is CC(C)(C)OC(=O)C1(C[C@H]2CN(C(=O)O)CCN2)CCOCC1. The topological polar surface area (TPSA) is 88.1 Å². The highest BCUT2D eigenvalue weighted by Crippen LogP contribution is 2.38. The van der Waals surface area contributed by atoms with Crippen LogP contribution in [0, 0.1) is 5.41 Å². The van der Waals surface area contributed by atoms with Crippen molar-refractivity contribution in [2.45, 2.75) is 51.7 Å². The average Bonchev–Trinajstić information content (AvgIpc) is 2.46. The van der Waals surface area contributed by atoms with E-state index in [1.165, 1.54) is 4.90 Å². The fourth-order valence-electron chi connectivity index (χ4n) is 3.25. The number of rotatable bonds is 3. The molecule has 0 aromatic heterocycles. The van der Waals surface area contributed by atoms with Crippen LogP contribution in [0.3, 0.4) is 0 Å². The van der Waals surface area contributed by atoms with Crippen LogP contribution in [0.15, 0.2) is 0 Å². The molecule has 2 N–H and O–H groups in total. The van der Waals surface area contributed by atoms with Gasteiger partial charge in [-0.2, -0.15) is 0 Å². The van der Waals surface area contributed by atoms with Crippen LogP contribution in [0.5, 0.6) is 0 Å². The lowest BCUT2D eigenvalue weighted by Gasteiger charge is -2.41.